The number of halogens is 2. The molecular weight excluding hydrogens is 314 g/mol. The molecule has 1 aliphatic rings. The Morgan fingerprint density at radius 1 is 1.25 bits per heavy atom. The number of aliphatic imine (C=N–C) groups is 1. The lowest BCUT2D eigenvalue weighted by molar-refractivity contribution is 0.322. The minimum absolute atomic E-state index is 0.00743. The van der Waals surface area contributed by atoms with E-state index >= 15 is 0 Å². The molecule has 4 N–H and O–H groups in total. The number of rotatable bonds is 3. The molecule has 0 bridgehead atoms. The zero-order valence-corrected chi connectivity index (χ0v) is 13.4. The summed E-state index contributed by atoms with van der Waals surface area (Å²) in [6.07, 6.45) is -0.429. The summed E-state index contributed by atoms with van der Waals surface area (Å²) in [4.78, 5) is 5.94. The number of nitrogens with zero attached hydrogens (tertiary/aromatic N) is 2. The molecule has 0 fully saturated rings. The second kappa shape index (κ2) is 6.09. The van der Waals surface area contributed by atoms with Gasteiger partial charge in [0.1, 0.15) is 12.0 Å². The number of benzene rings is 2. The van der Waals surface area contributed by atoms with E-state index < -0.39 is 17.8 Å². The molecule has 1 heterocycles. The number of fused-ring (bicyclic) bond motifs is 1. The molecule has 0 radical (unpaired) electrons. The molecule has 0 aliphatic carbocycles. The molecule has 0 aromatic heterocycles. The fourth-order valence-electron chi connectivity index (χ4n) is 2.68. The molecule has 0 saturated carbocycles. The Balaban J connectivity index is 2.15. The van der Waals surface area contributed by atoms with Gasteiger partial charge in [-0.2, -0.15) is 0 Å². The Hall–Kier alpha value is -2.67. The SMILES string of the molecule is CCOc1c(F)cc(F)cc1-c1ccc2c(c1)N=C(N)N(C)C2N. The average molecular weight is 332 g/mol. The van der Waals surface area contributed by atoms with Gasteiger partial charge in [-0.15, -0.1) is 0 Å². The number of guanidine groups is 1. The fraction of sp³-hybridized carbons (Fsp3) is 0.235. The second-order valence-corrected chi connectivity index (χ2v) is 5.50. The van der Waals surface area contributed by atoms with E-state index in [1.807, 2.05) is 0 Å². The van der Waals surface area contributed by atoms with Gasteiger partial charge in [0, 0.05) is 24.2 Å². The first-order valence-electron chi connectivity index (χ1n) is 7.51. The lowest BCUT2D eigenvalue weighted by atomic mass is 9.99. The molecule has 126 valence electrons. The zero-order chi connectivity index (χ0) is 17.4. The van der Waals surface area contributed by atoms with Crippen molar-refractivity contribution in [3.05, 3.63) is 47.5 Å². The summed E-state index contributed by atoms with van der Waals surface area (Å²) in [6, 6.07) is 7.25. The number of ether oxygens (including phenoxy) is 1. The normalized spacial score (nSPS) is 16.6. The summed E-state index contributed by atoms with van der Waals surface area (Å²) < 4.78 is 33.1. The Labute approximate surface area is 138 Å². The highest BCUT2D eigenvalue weighted by Gasteiger charge is 2.24. The molecule has 0 amide bonds. The maximum atomic E-state index is 14.1. The molecule has 2 aromatic rings. The second-order valence-electron chi connectivity index (χ2n) is 5.50. The van der Waals surface area contributed by atoms with Crippen molar-refractivity contribution in [2.45, 2.75) is 13.1 Å². The van der Waals surface area contributed by atoms with Crippen LogP contribution in [0, 0.1) is 11.6 Å². The van der Waals surface area contributed by atoms with E-state index in [4.69, 9.17) is 16.2 Å². The molecule has 5 nitrogen and oxygen atoms in total. The molecule has 0 spiro atoms. The smallest absolute Gasteiger partial charge is 0.197 e. The minimum Gasteiger partial charge on any atom is -0.490 e. The summed E-state index contributed by atoms with van der Waals surface area (Å²) in [5, 5.41) is 0. The van der Waals surface area contributed by atoms with Crippen LogP contribution >= 0.6 is 0 Å². The quantitative estimate of drug-likeness (QED) is 0.906. The Morgan fingerprint density at radius 2 is 2.00 bits per heavy atom. The van der Waals surface area contributed by atoms with Crippen molar-refractivity contribution in [1.82, 2.24) is 4.90 Å². The van der Waals surface area contributed by atoms with Crippen LogP contribution in [0.2, 0.25) is 0 Å². The number of hydrogen-bond donors (Lipinski definition) is 2. The molecule has 1 atom stereocenters. The third-order valence-corrected chi connectivity index (χ3v) is 3.97. The maximum absolute atomic E-state index is 14.1. The predicted molar refractivity (Wildman–Crippen MR) is 88.9 cm³/mol. The highest BCUT2D eigenvalue weighted by atomic mass is 19.1. The van der Waals surface area contributed by atoms with E-state index in [-0.39, 0.29) is 18.3 Å². The highest BCUT2D eigenvalue weighted by molar-refractivity contribution is 5.85. The summed E-state index contributed by atoms with van der Waals surface area (Å²) in [6.45, 7) is 2.00. The highest BCUT2D eigenvalue weighted by Crippen LogP contribution is 2.38. The van der Waals surface area contributed by atoms with Crippen molar-refractivity contribution in [3.63, 3.8) is 0 Å². The standard InChI is InChI=1S/C17H18F2N4O/c1-3-24-15-12(7-10(18)8-13(15)19)9-4-5-11-14(6-9)22-17(21)23(2)16(11)20/h4-8,16H,3,20H2,1-2H3,(H2,21,22). The third-order valence-electron chi connectivity index (χ3n) is 3.97. The lowest BCUT2D eigenvalue weighted by Crippen LogP contribution is -2.42. The lowest BCUT2D eigenvalue weighted by Gasteiger charge is -2.31. The van der Waals surface area contributed by atoms with Gasteiger partial charge in [-0.3, -0.25) is 0 Å². The van der Waals surface area contributed by atoms with Gasteiger partial charge in [0.05, 0.1) is 12.3 Å². The molecule has 1 unspecified atom stereocenters. The maximum Gasteiger partial charge on any atom is 0.197 e. The summed E-state index contributed by atoms with van der Waals surface area (Å²) >= 11 is 0. The van der Waals surface area contributed by atoms with Gasteiger partial charge < -0.3 is 21.1 Å². The molecule has 2 aromatic carbocycles. The molecule has 24 heavy (non-hydrogen) atoms. The first-order chi connectivity index (χ1) is 11.4. The monoisotopic (exact) mass is 332 g/mol. The third kappa shape index (κ3) is 2.67. The van der Waals surface area contributed by atoms with Crippen LogP contribution < -0.4 is 16.2 Å². The van der Waals surface area contributed by atoms with Crippen LogP contribution in [0.5, 0.6) is 5.75 Å². The largest absolute Gasteiger partial charge is 0.490 e. The number of hydrogen-bond acceptors (Lipinski definition) is 5. The van der Waals surface area contributed by atoms with Crippen molar-refractivity contribution in [2.24, 2.45) is 16.5 Å². The molecule has 1 aliphatic heterocycles. The summed E-state index contributed by atoms with van der Waals surface area (Å²) in [5.41, 5.74) is 14.2. The van der Waals surface area contributed by atoms with Gasteiger partial charge in [-0.1, -0.05) is 12.1 Å². The van der Waals surface area contributed by atoms with Crippen molar-refractivity contribution in [2.75, 3.05) is 13.7 Å². The first kappa shape index (κ1) is 16.2. The summed E-state index contributed by atoms with van der Waals surface area (Å²) in [7, 11) is 1.75. The van der Waals surface area contributed by atoms with Crippen LogP contribution in [0.25, 0.3) is 11.1 Å². The van der Waals surface area contributed by atoms with Crippen LogP contribution in [-0.2, 0) is 0 Å². The van der Waals surface area contributed by atoms with Gasteiger partial charge >= 0.3 is 0 Å². The van der Waals surface area contributed by atoms with Gasteiger partial charge in [0.2, 0.25) is 0 Å². The van der Waals surface area contributed by atoms with Gasteiger partial charge in [0.15, 0.2) is 17.5 Å². The van der Waals surface area contributed by atoms with Gasteiger partial charge in [-0.05, 0) is 24.6 Å². The fourth-order valence-corrected chi connectivity index (χ4v) is 2.68. The molecular formula is C17H18F2N4O. The minimum atomic E-state index is -0.746. The van der Waals surface area contributed by atoms with Crippen LogP contribution in [0.4, 0.5) is 14.5 Å². The first-order valence-corrected chi connectivity index (χ1v) is 7.51. The van der Waals surface area contributed by atoms with Crippen LogP contribution in [0.1, 0.15) is 18.7 Å². The van der Waals surface area contributed by atoms with Crippen molar-refractivity contribution in [1.29, 1.82) is 0 Å². The Morgan fingerprint density at radius 3 is 2.71 bits per heavy atom. The molecule has 0 saturated heterocycles. The van der Waals surface area contributed by atoms with E-state index in [1.54, 1.807) is 37.1 Å². The summed E-state index contributed by atoms with van der Waals surface area (Å²) in [5.74, 6) is -1.14. The van der Waals surface area contributed by atoms with E-state index in [9.17, 15) is 8.78 Å². The zero-order valence-electron chi connectivity index (χ0n) is 13.4. The molecule has 7 heteroatoms. The predicted octanol–water partition coefficient (Wildman–Crippen LogP) is 2.88. The van der Waals surface area contributed by atoms with Gasteiger partial charge in [-0.25, -0.2) is 13.8 Å². The van der Waals surface area contributed by atoms with Crippen molar-refractivity contribution in [3.8, 4) is 16.9 Å². The van der Waals surface area contributed by atoms with E-state index in [0.29, 0.717) is 16.8 Å². The Kier molecular flexibility index (Phi) is 4.11. The van der Waals surface area contributed by atoms with E-state index in [0.717, 1.165) is 11.6 Å². The van der Waals surface area contributed by atoms with Crippen molar-refractivity contribution < 1.29 is 13.5 Å². The van der Waals surface area contributed by atoms with E-state index in [2.05, 4.69) is 4.99 Å². The average Bonchev–Trinajstić information content (AvgIpc) is 2.54. The molecule has 3 rings (SSSR count). The van der Waals surface area contributed by atoms with Crippen LogP contribution in [0.15, 0.2) is 35.3 Å². The number of nitrogens with two attached hydrogens (primary N) is 2. The van der Waals surface area contributed by atoms with Crippen molar-refractivity contribution >= 4 is 11.6 Å². The van der Waals surface area contributed by atoms with Crippen LogP contribution in [-0.4, -0.2) is 24.5 Å². The van der Waals surface area contributed by atoms with Gasteiger partial charge in [0.25, 0.3) is 0 Å². The van der Waals surface area contributed by atoms with Crippen LogP contribution in [0.3, 0.4) is 0 Å². The van der Waals surface area contributed by atoms with E-state index in [1.165, 1.54) is 6.07 Å². The topological polar surface area (TPSA) is 76.9 Å². The Bertz CT molecular complexity index is 822.